The van der Waals surface area contributed by atoms with E-state index in [1.165, 1.54) is 25.3 Å². The van der Waals surface area contributed by atoms with Gasteiger partial charge in [-0.3, -0.25) is 0 Å². The largest absolute Gasteiger partial charge is 0.379 e. The Kier molecular flexibility index (Phi) is 4.35. The zero-order chi connectivity index (χ0) is 12.8. The van der Waals surface area contributed by atoms with Crippen LogP contribution in [-0.4, -0.2) is 6.04 Å². The molecule has 2 nitrogen and oxygen atoms in total. The van der Waals surface area contributed by atoms with Crippen LogP contribution in [0.3, 0.4) is 0 Å². The third-order valence-electron chi connectivity index (χ3n) is 3.19. The number of rotatable bonds is 2. The molecule has 0 aromatic heterocycles. The van der Waals surface area contributed by atoms with Gasteiger partial charge in [0.1, 0.15) is 11.9 Å². The average Bonchev–Trinajstić information content (AvgIpc) is 2.34. The van der Waals surface area contributed by atoms with Gasteiger partial charge in [0, 0.05) is 11.7 Å². The summed E-state index contributed by atoms with van der Waals surface area (Å²) in [6.07, 6.45) is 10.3. The third kappa shape index (κ3) is 3.33. The molecule has 0 saturated heterocycles. The molecular weight excluding hydrogens is 227 g/mol. The maximum absolute atomic E-state index is 13.2. The molecule has 1 aliphatic carbocycles. The van der Waals surface area contributed by atoms with Crippen LogP contribution in [0.5, 0.6) is 0 Å². The van der Waals surface area contributed by atoms with Crippen LogP contribution in [0.4, 0.5) is 10.1 Å². The van der Waals surface area contributed by atoms with Crippen LogP contribution in [0.25, 0.3) is 0 Å². The van der Waals surface area contributed by atoms with Crippen molar-refractivity contribution < 1.29 is 4.39 Å². The molecule has 1 aromatic rings. The number of nitrogens with zero attached hydrogens (tertiary/aromatic N) is 1. The van der Waals surface area contributed by atoms with E-state index in [1.807, 2.05) is 6.07 Å². The Morgan fingerprint density at radius 2 is 2.17 bits per heavy atom. The van der Waals surface area contributed by atoms with Crippen molar-refractivity contribution in [1.82, 2.24) is 0 Å². The summed E-state index contributed by atoms with van der Waals surface area (Å²) < 4.78 is 13.2. The lowest BCUT2D eigenvalue weighted by Gasteiger charge is -2.18. The van der Waals surface area contributed by atoms with Gasteiger partial charge in [0.05, 0.1) is 5.56 Å². The van der Waals surface area contributed by atoms with E-state index in [0.29, 0.717) is 0 Å². The van der Waals surface area contributed by atoms with Gasteiger partial charge in [-0.15, -0.1) is 0 Å². The maximum Gasteiger partial charge on any atom is 0.141 e. The number of hydrogen-bond acceptors (Lipinski definition) is 2. The number of nitrogens with one attached hydrogen (secondary N) is 1. The minimum atomic E-state index is -0.462. The van der Waals surface area contributed by atoms with E-state index in [9.17, 15) is 4.39 Å². The second-order valence-corrected chi connectivity index (χ2v) is 4.62. The van der Waals surface area contributed by atoms with E-state index >= 15 is 0 Å². The van der Waals surface area contributed by atoms with Gasteiger partial charge in [-0.25, -0.2) is 4.39 Å². The first-order valence-corrected chi connectivity index (χ1v) is 6.42. The molecule has 0 radical (unpaired) electrons. The van der Waals surface area contributed by atoms with Gasteiger partial charge in [-0.1, -0.05) is 25.0 Å². The van der Waals surface area contributed by atoms with Crippen molar-refractivity contribution in [1.29, 1.82) is 5.26 Å². The topological polar surface area (TPSA) is 35.8 Å². The summed E-state index contributed by atoms with van der Waals surface area (Å²) in [4.78, 5) is 0. The normalized spacial score (nSPS) is 21.4. The summed E-state index contributed by atoms with van der Waals surface area (Å²) in [6.45, 7) is 0. The first-order chi connectivity index (χ1) is 8.79. The van der Waals surface area contributed by atoms with Crippen LogP contribution in [-0.2, 0) is 0 Å². The number of benzene rings is 1. The van der Waals surface area contributed by atoms with Crippen LogP contribution < -0.4 is 5.32 Å². The molecule has 1 atom stereocenters. The highest BCUT2D eigenvalue weighted by molar-refractivity contribution is 5.51. The Bertz CT molecular complexity index is 474. The second-order valence-electron chi connectivity index (χ2n) is 4.62. The molecule has 18 heavy (non-hydrogen) atoms. The lowest BCUT2D eigenvalue weighted by molar-refractivity contribution is 0.609. The van der Waals surface area contributed by atoms with Crippen molar-refractivity contribution in [2.45, 2.75) is 38.1 Å². The Morgan fingerprint density at radius 1 is 1.28 bits per heavy atom. The highest BCUT2D eigenvalue weighted by atomic mass is 19.1. The fourth-order valence-corrected chi connectivity index (χ4v) is 2.20. The van der Waals surface area contributed by atoms with Gasteiger partial charge >= 0.3 is 0 Å². The van der Waals surface area contributed by atoms with Gasteiger partial charge in [0.25, 0.3) is 0 Å². The van der Waals surface area contributed by atoms with Crippen molar-refractivity contribution in [3.63, 3.8) is 0 Å². The molecule has 0 fully saturated rings. The monoisotopic (exact) mass is 244 g/mol. The third-order valence-corrected chi connectivity index (χ3v) is 3.19. The van der Waals surface area contributed by atoms with Crippen LogP contribution >= 0.6 is 0 Å². The quantitative estimate of drug-likeness (QED) is 0.798. The van der Waals surface area contributed by atoms with Gasteiger partial charge in [0.2, 0.25) is 0 Å². The molecule has 3 heteroatoms. The van der Waals surface area contributed by atoms with Gasteiger partial charge in [0.15, 0.2) is 0 Å². The van der Waals surface area contributed by atoms with Crippen molar-refractivity contribution in [2.24, 2.45) is 0 Å². The Morgan fingerprint density at radius 3 is 3.00 bits per heavy atom. The number of allylic oxidation sites excluding steroid dienone is 1. The van der Waals surface area contributed by atoms with E-state index in [4.69, 9.17) is 5.26 Å². The van der Waals surface area contributed by atoms with Crippen molar-refractivity contribution in [2.75, 3.05) is 5.32 Å². The van der Waals surface area contributed by atoms with Gasteiger partial charge in [-0.05, 0) is 37.5 Å². The predicted octanol–water partition coefficient (Wildman–Crippen LogP) is 4.00. The molecule has 0 aliphatic heterocycles. The van der Waals surface area contributed by atoms with Crippen molar-refractivity contribution in [3.8, 4) is 6.07 Å². The lowest BCUT2D eigenvalue weighted by atomic mass is 10.0. The standard InChI is InChI=1S/C15H17FN2/c16-15-9-8-14(10-12(15)11-17)18-13-6-4-2-1-3-5-7-13/h4,6,8-10,13,18H,1-3,5,7H2/b6-4+. The number of nitriles is 1. The summed E-state index contributed by atoms with van der Waals surface area (Å²) in [5.41, 5.74) is 0.901. The van der Waals surface area contributed by atoms with Crippen LogP contribution in [0.15, 0.2) is 30.4 Å². The first kappa shape index (κ1) is 12.6. The molecule has 0 amide bonds. The average molecular weight is 244 g/mol. The Labute approximate surface area is 107 Å². The molecule has 2 rings (SSSR count). The molecule has 1 aliphatic rings. The SMILES string of the molecule is N#Cc1cc(NC2/C=C/CCCCC2)ccc1F. The number of halogens is 1. The molecule has 0 bridgehead atoms. The number of anilines is 1. The summed E-state index contributed by atoms with van der Waals surface area (Å²) >= 11 is 0. The zero-order valence-electron chi connectivity index (χ0n) is 10.3. The van der Waals surface area contributed by atoms with Gasteiger partial charge in [-0.2, -0.15) is 5.26 Å². The van der Waals surface area contributed by atoms with Gasteiger partial charge < -0.3 is 5.32 Å². The second kappa shape index (κ2) is 6.20. The zero-order valence-corrected chi connectivity index (χ0v) is 10.3. The maximum atomic E-state index is 13.2. The highest BCUT2D eigenvalue weighted by Crippen LogP contribution is 2.19. The number of hydrogen-bond donors (Lipinski definition) is 1. The summed E-state index contributed by atoms with van der Waals surface area (Å²) in [6, 6.07) is 6.74. The smallest absolute Gasteiger partial charge is 0.141 e. The molecule has 0 saturated carbocycles. The fraction of sp³-hybridized carbons (Fsp3) is 0.400. The van der Waals surface area contributed by atoms with E-state index < -0.39 is 5.82 Å². The molecule has 0 heterocycles. The predicted molar refractivity (Wildman–Crippen MR) is 70.8 cm³/mol. The lowest BCUT2D eigenvalue weighted by Crippen LogP contribution is -2.17. The van der Waals surface area contributed by atoms with Crippen molar-refractivity contribution in [3.05, 3.63) is 41.7 Å². The molecule has 94 valence electrons. The van der Waals surface area contributed by atoms with Crippen molar-refractivity contribution >= 4 is 5.69 Å². The molecule has 0 spiro atoms. The van der Waals surface area contributed by atoms with Crippen LogP contribution in [0.2, 0.25) is 0 Å². The van der Waals surface area contributed by atoms with E-state index in [2.05, 4.69) is 17.5 Å². The highest BCUT2D eigenvalue weighted by Gasteiger charge is 2.08. The minimum absolute atomic E-state index is 0.0924. The summed E-state index contributed by atoms with van der Waals surface area (Å²) in [5.74, 6) is -0.462. The molecular formula is C15H17FN2. The summed E-state index contributed by atoms with van der Waals surface area (Å²) in [7, 11) is 0. The minimum Gasteiger partial charge on any atom is -0.379 e. The molecule has 1 unspecified atom stereocenters. The first-order valence-electron chi connectivity index (χ1n) is 6.42. The van der Waals surface area contributed by atoms with E-state index in [1.54, 1.807) is 12.1 Å². The van der Waals surface area contributed by atoms with E-state index in [-0.39, 0.29) is 11.6 Å². The molecule has 1 N–H and O–H groups in total. The molecule has 1 aromatic carbocycles. The van der Waals surface area contributed by atoms with Crippen LogP contribution in [0, 0.1) is 17.1 Å². The Hall–Kier alpha value is -1.82. The Balaban J connectivity index is 2.08. The van der Waals surface area contributed by atoms with Crippen LogP contribution in [0.1, 0.15) is 37.7 Å². The summed E-state index contributed by atoms with van der Waals surface area (Å²) in [5, 5.41) is 12.1. The van der Waals surface area contributed by atoms with E-state index in [0.717, 1.165) is 18.5 Å². The fourth-order valence-electron chi connectivity index (χ4n) is 2.20.